The van der Waals surface area contributed by atoms with E-state index in [-0.39, 0.29) is 11.7 Å². The van der Waals surface area contributed by atoms with Crippen LogP contribution in [0.25, 0.3) is 0 Å². The Morgan fingerprint density at radius 3 is 2.57 bits per heavy atom. The normalized spacial score (nSPS) is 12.5. The fraction of sp³-hybridized carbons (Fsp3) is 0.167. The first-order chi connectivity index (χ1) is 16.8. The van der Waals surface area contributed by atoms with E-state index in [4.69, 9.17) is 14.2 Å². The molecule has 9 nitrogen and oxygen atoms in total. The number of hydrogen-bond donors (Lipinski definition) is 1. The van der Waals surface area contributed by atoms with Gasteiger partial charge in [0.2, 0.25) is 6.79 Å². The molecule has 0 atom stereocenters. The molecule has 0 radical (unpaired) electrons. The number of ether oxygens (including phenoxy) is 3. The number of rotatable bonds is 8. The van der Waals surface area contributed by atoms with Crippen molar-refractivity contribution in [1.29, 1.82) is 0 Å². The van der Waals surface area contributed by atoms with Crippen molar-refractivity contribution in [3.63, 3.8) is 0 Å². The first-order valence-electron chi connectivity index (χ1n) is 10.4. The van der Waals surface area contributed by atoms with Crippen LogP contribution >= 0.6 is 15.9 Å². The molecule has 1 aliphatic rings. The van der Waals surface area contributed by atoms with Crippen LogP contribution in [0.2, 0.25) is 0 Å². The van der Waals surface area contributed by atoms with Crippen LogP contribution in [0.1, 0.15) is 11.1 Å². The third kappa shape index (κ3) is 5.57. The number of hydrazone groups is 1. The van der Waals surface area contributed by atoms with Gasteiger partial charge in [0.25, 0.3) is 15.9 Å². The molecular formula is C24H22BrN3O6S. The number of halogens is 1. The van der Waals surface area contributed by atoms with Crippen LogP contribution in [-0.4, -0.2) is 41.0 Å². The number of benzene rings is 3. The Balaban J connectivity index is 1.55. The largest absolute Gasteiger partial charge is 0.496 e. The number of amides is 1. The summed E-state index contributed by atoms with van der Waals surface area (Å²) in [5.41, 5.74) is 4.37. The second kappa shape index (κ2) is 10.4. The Morgan fingerprint density at radius 2 is 1.86 bits per heavy atom. The maximum Gasteiger partial charge on any atom is 0.264 e. The van der Waals surface area contributed by atoms with Gasteiger partial charge < -0.3 is 14.2 Å². The van der Waals surface area contributed by atoms with E-state index in [1.54, 1.807) is 48.5 Å². The minimum atomic E-state index is -4.09. The first kappa shape index (κ1) is 24.6. The Hall–Kier alpha value is -3.57. The third-order valence-electron chi connectivity index (χ3n) is 5.12. The lowest BCUT2D eigenvalue weighted by Gasteiger charge is -2.24. The average molecular weight is 560 g/mol. The Kier molecular flexibility index (Phi) is 7.27. The molecule has 0 spiro atoms. The van der Waals surface area contributed by atoms with Crippen molar-refractivity contribution in [3.8, 4) is 17.2 Å². The van der Waals surface area contributed by atoms with E-state index in [0.29, 0.717) is 33.0 Å². The van der Waals surface area contributed by atoms with Gasteiger partial charge in [0.15, 0.2) is 11.5 Å². The second-order valence-electron chi connectivity index (χ2n) is 7.55. The van der Waals surface area contributed by atoms with E-state index in [0.717, 1.165) is 9.87 Å². The summed E-state index contributed by atoms with van der Waals surface area (Å²) >= 11 is 3.32. The van der Waals surface area contributed by atoms with Crippen LogP contribution in [-0.2, 0) is 14.8 Å². The fourth-order valence-electron chi connectivity index (χ4n) is 3.30. The molecule has 182 valence electrons. The van der Waals surface area contributed by atoms with Gasteiger partial charge in [-0.3, -0.25) is 9.10 Å². The molecule has 0 fully saturated rings. The molecule has 3 aromatic rings. The van der Waals surface area contributed by atoms with Gasteiger partial charge in [-0.15, -0.1) is 0 Å². The topological polar surface area (TPSA) is 107 Å². The van der Waals surface area contributed by atoms with Crippen molar-refractivity contribution >= 4 is 43.8 Å². The molecule has 3 aromatic carbocycles. The number of aryl methyl sites for hydroxylation is 1. The van der Waals surface area contributed by atoms with E-state index in [1.165, 1.54) is 25.5 Å². The maximum atomic E-state index is 13.5. The lowest BCUT2D eigenvalue weighted by molar-refractivity contribution is -0.119. The molecule has 0 unspecified atom stereocenters. The number of carbonyl (C=O) groups is 1. The summed E-state index contributed by atoms with van der Waals surface area (Å²) in [7, 11) is -2.60. The van der Waals surface area contributed by atoms with Crippen LogP contribution in [0.4, 0.5) is 5.69 Å². The van der Waals surface area contributed by atoms with E-state index in [1.807, 2.05) is 6.92 Å². The van der Waals surface area contributed by atoms with Crippen LogP contribution in [0.5, 0.6) is 17.2 Å². The summed E-state index contributed by atoms with van der Waals surface area (Å²) in [6, 6.07) is 16.5. The molecule has 0 saturated heterocycles. The van der Waals surface area contributed by atoms with Gasteiger partial charge in [-0.05, 0) is 76.9 Å². The highest BCUT2D eigenvalue weighted by Gasteiger charge is 2.28. The minimum Gasteiger partial charge on any atom is -0.496 e. The molecule has 0 aliphatic carbocycles. The Labute approximate surface area is 211 Å². The molecule has 11 heteroatoms. The molecule has 1 aliphatic heterocycles. The lowest BCUT2D eigenvalue weighted by Crippen LogP contribution is -2.39. The predicted molar refractivity (Wildman–Crippen MR) is 135 cm³/mol. The number of nitrogens with one attached hydrogen (secondary N) is 1. The van der Waals surface area contributed by atoms with Crippen molar-refractivity contribution < 1.29 is 27.4 Å². The van der Waals surface area contributed by atoms with Gasteiger partial charge in [-0.1, -0.05) is 17.7 Å². The summed E-state index contributed by atoms with van der Waals surface area (Å²) in [5.74, 6) is 1.10. The standard InChI is InChI=1S/C24H22BrN3O6S/c1-16-3-6-18(7-4-16)28(35(30,31)19-8-10-21(32-2)20(25)12-19)14-24(29)27-26-13-17-5-9-22-23(11-17)34-15-33-22/h3-13H,14-15H2,1-2H3,(H,27,29)/b26-13+. The van der Waals surface area contributed by atoms with E-state index < -0.39 is 22.5 Å². The molecule has 0 bridgehead atoms. The molecule has 35 heavy (non-hydrogen) atoms. The number of methoxy groups -OCH3 is 1. The SMILES string of the molecule is COc1ccc(S(=O)(=O)N(CC(=O)N/N=C/c2ccc3c(c2)OCO3)c2ccc(C)cc2)cc1Br. The van der Waals surface area contributed by atoms with Crippen molar-refractivity contribution in [3.05, 3.63) is 76.3 Å². The molecule has 1 N–H and O–H groups in total. The zero-order chi connectivity index (χ0) is 25.0. The maximum absolute atomic E-state index is 13.5. The van der Waals surface area contributed by atoms with Gasteiger partial charge in [0.1, 0.15) is 12.3 Å². The molecule has 0 saturated carbocycles. The minimum absolute atomic E-state index is 0.00223. The second-order valence-corrected chi connectivity index (χ2v) is 10.3. The number of fused-ring (bicyclic) bond motifs is 1. The summed E-state index contributed by atoms with van der Waals surface area (Å²) in [6.45, 7) is 1.56. The predicted octanol–water partition coefficient (Wildman–Crippen LogP) is 3.84. The monoisotopic (exact) mass is 559 g/mol. The van der Waals surface area contributed by atoms with E-state index in [9.17, 15) is 13.2 Å². The van der Waals surface area contributed by atoms with E-state index >= 15 is 0 Å². The van der Waals surface area contributed by atoms with Gasteiger partial charge in [0.05, 0.1) is 28.4 Å². The highest BCUT2D eigenvalue weighted by molar-refractivity contribution is 9.10. The van der Waals surface area contributed by atoms with Gasteiger partial charge in [-0.25, -0.2) is 13.8 Å². The summed E-state index contributed by atoms with van der Waals surface area (Å²) in [5, 5.41) is 3.95. The Morgan fingerprint density at radius 1 is 1.11 bits per heavy atom. The van der Waals surface area contributed by atoms with Crippen LogP contribution in [0.15, 0.2) is 75.1 Å². The first-order valence-corrected chi connectivity index (χ1v) is 12.7. The zero-order valence-electron chi connectivity index (χ0n) is 18.9. The fourth-order valence-corrected chi connectivity index (χ4v) is 5.44. The number of anilines is 1. The number of sulfonamides is 1. The highest BCUT2D eigenvalue weighted by atomic mass is 79.9. The molecular weight excluding hydrogens is 538 g/mol. The van der Waals surface area contributed by atoms with Crippen LogP contribution in [0, 0.1) is 6.92 Å². The van der Waals surface area contributed by atoms with E-state index in [2.05, 4.69) is 26.5 Å². The molecule has 1 amide bonds. The number of nitrogens with zero attached hydrogens (tertiary/aromatic N) is 2. The van der Waals surface area contributed by atoms with Crippen molar-refractivity contribution in [2.75, 3.05) is 24.8 Å². The lowest BCUT2D eigenvalue weighted by atomic mass is 10.2. The quantitative estimate of drug-likeness (QED) is 0.332. The van der Waals surface area contributed by atoms with Gasteiger partial charge in [-0.2, -0.15) is 5.10 Å². The Bertz CT molecular complexity index is 1380. The highest BCUT2D eigenvalue weighted by Crippen LogP contribution is 2.32. The van der Waals surface area contributed by atoms with Crippen molar-refractivity contribution in [2.24, 2.45) is 5.10 Å². The average Bonchev–Trinajstić information content (AvgIpc) is 3.31. The van der Waals surface area contributed by atoms with Crippen LogP contribution in [0.3, 0.4) is 0 Å². The summed E-state index contributed by atoms with van der Waals surface area (Å²) in [4.78, 5) is 12.7. The summed E-state index contributed by atoms with van der Waals surface area (Å²) in [6.07, 6.45) is 1.44. The van der Waals surface area contributed by atoms with Crippen LogP contribution < -0.4 is 23.9 Å². The zero-order valence-corrected chi connectivity index (χ0v) is 21.3. The van der Waals surface area contributed by atoms with Crippen molar-refractivity contribution in [2.45, 2.75) is 11.8 Å². The number of hydrogen-bond acceptors (Lipinski definition) is 7. The van der Waals surface area contributed by atoms with Gasteiger partial charge >= 0.3 is 0 Å². The molecule has 0 aromatic heterocycles. The van der Waals surface area contributed by atoms with Crippen molar-refractivity contribution in [1.82, 2.24) is 5.43 Å². The smallest absolute Gasteiger partial charge is 0.264 e. The molecule has 1 heterocycles. The van der Waals surface area contributed by atoms with Gasteiger partial charge in [0, 0.05) is 0 Å². The number of carbonyl (C=O) groups excluding carboxylic acids is 1. The third-order valence-corrected chi connectivity index (χ3v) is 7.51. The summed E-state index contributed by atoms with van der Waals surface area (Å²) < 4.78 is 44.3. The molecule has 4 rings (SSSR count).